The Bertz CT molecular complexity index is 1520. The molecule has 22 heteroatoms. The van der Waals surface area contributed by atoms with Crippen LogP contribution in [0.1, 0.15) is 62.3 Å². The molecule has 0 aliphatic carbocycles. The summed E-state index contributed by atoms with van der Waals surface area (Å²) in [6.07, 6.45) is -6.80. The summed E-state index contributed by atoms with van der Waals surface area (Å²) < 4.78 is 54.8. The number of morpholine rings is 1. The van der Waals surface area contributed by atoms with Crippen molar-refractivity contribution in [2.75, 3.05) is 57.6 Å². The van der Waals surface area contributed by atoms with Gasteiger partial charge in [0.1, 0.15) is 6.61 Å². The van der Waals surface area contributed by atoms with Crippen LogP contribution in [0.15, 0.2) is 0 Å². The van der Waals surface area contributed by atoms with Crippen molar-refractivity contribution in [2.45, 2.75) is 98.4 Å². The highest BCUT2D eigenvalue weighted by atomic mass is 32.1. The molecule has 0 spiro atoms. The smallest absolute Gasteiger partial charge is 0.347 e. The number of nitrogens with zero attached hydrogens (tertiary/aromatic N) is 4. The van der Waals surface area contributed by atoms with Gasteiger partial charge in [0, 0.05) is 32.5 Å². The minimum absolute atomic E-state index is 0.142. The molecular weight excluding hydrogens is 756 g/mol. The molecule has 308 valence electrons. The summed E-state index contributed by atoms with van der Waals surface area (Å²) in [7, 11) is 0. The van der Waals surface area contributed by atoms with Gasteiger partial charge in [-0.05, 0) is 48.5 Å². The molecule has 1 fully saturated rings. The van der Waals surface area contributed by atoms with Gasteiger partial charge < -0.3 is 52.4 Å². The summed E-state index contributed by atoms with van der Waals surface area (Å²) in [6, 6.07) is 0. The molecule has 0 aromatic carbocycles. The fourth-order valence-corrected chi connectivity index (χ4v) is 5.03. The highest BCUT2D eigenvalue weighted by molar-refractivity contribution is 6.99. The van der Waals surface area contributed by atoms with E-state index in [1.807, 2.05) is 4.90 Å². The maximum atomic E-state index is 13.5. The van der Waals surface area contributed by atoms with E-state index in [-0.39, 0.29) is 19.0 Å². The van der Waals surface area contributed by atoms with Crippen molar-refractivity contribution in [3.05, 3.63) is 0 Å². The highest BCUT2D eigenvalue weighted by Crippen LogP contribution is 2.27. The van der Waals surface area contributed by atoms with E-state index in [1.54, 1.807) is 20.8 Å². The number of esters is 7. The topological polar surface area (TPSA) is 252 Å². The third-order valence-electron chi connectivity index (χ3n) is 7.22. The number of anilines is 1. The van der Waals surface area contributed by atoms with Gasteiger partial charge in [-0.15, -0.1) is 4.37 Å². The second-order valence-corrected chi connectivity index (χ2v) is 13.5. The van der Waals surface area contributed by atoms with Crippen molar-refractivity contribution < 1.29 is 81.0 Å². The van der Waals surface area contributed by atoms with Crippen molar-refractivity contribution in [1.29, 1.82) is 0 Å². The Kier molecular flexibility index (Phi) is 18.2. The molecule has 2 heterocycles. The fraction of sp³-hybridized carbons (Fsp3) is 0.697. The Balaban J connectivity index is 2.12. The van der Waals surface area contributed by atoms with Gasteiger partial charge in [-0.25, -0.2) is 24.0 Å². The van der Waals surface area contributed by atoms with Gasteiger partial charge in [0.2, 0.25) is 5.82 Å². The van der Waals surface area contributed by atoms with Crippen LogP contribution in [0, 0.1) is 0 Å². The maximum Gasteiger partial charge on any atom is 0.347 e. The molecule has 0 radical (unpaired) electrons. The average Bonchev–Trinajstić information content (AvgIpc) is 3.58. The molecule has 4 unspecified atom stereocenters. The van der Waals surface area contributed by atoms with E-state index in [4.69, 9.17) is 42.6 Å². The summed E-state index contributed by atoms with van der Waals surface area (Å²) in [4.78, 5) is 101. The zero-order valence-corrected chi connectivity index (χ0v) is 33.0. The number of rotatable bonds is 19. The van der Waals surface area contributed by atoms with E-state index >= 15 is 0 Å². The molecule has 0 saturated carbocycles. The molecule has 55 heavy (non-hydrogen) atoms. The number of hydrogen-bond donors (Lipinski definition) is 0. The van der Waals surface area contributed by atoms with Gasteiger partial charge in [0.25, 0.3) is 11.8 Å². The van der Waals surface area contributed by atoms with E-state index in [2.05, 4.69) is 8.75 Å². The Morgan fingerprint density at radius 2 is 1.22 bits per heavy atom. The summed E-state index contributed by atoms with van der Waals surface area (Å²) in [5.41, 5.74) is -0.956. The Hall–Kier alpha value is -5.12. The molecule has 1 aliphatic heterocycles. The van der Waals surface area contributed by atoms with Crippen LogP contribution in [0.25, 0.3) is 0 Å². The second-order valence-electron chi connectivity index (χ2n) is 13.0. The summed E-state index contributed by atoms with van der Waals surface area (Å²) in [6.45, 7) is 11.7. The van der Waals surface area contributed by atoms with Crippen LogP contribution in [0.2, 0.25) is 0 Å². The standard InChI is InChI=1S/C33H48N4O17S/c1-18(50-22(5)38)29(42)49-17-26(41)54-24(15-47-28-27(34-55-35-28)36-10-12-46-13-11-36)14-37(33(7,8)9)25(40)16-48-30(43)19(2)52-32(45)21(4)53-31(44)20(3)51-23(6)39/h18-21,24H,10-17H2,1-9H3/t18?,19?,20?,21?,24-/m0/s1. The monoisotopic (exact) mass is 804 g/mol. The van der Waals surface area contributed by atoms with Crippen molar-refractivity contribution in [3.8, 4) is 5.88 Å². The third kappa shape index (κ3) is 16.0. The SMILES string of the molecule is CC(=O)OC(C)C(=O)OCC(=O)O[C@H](COc1nsnc1N1CCOCC1)CN(C(=O)COC(=O)C(C)OC(=O)C(C)OC(=O)C(C)OC(C)=O)C(C)(C)C. The molecule has 1 aromatic heterocycles. The van der Waals surface area contributed by atoms with Crippen LogP contribution in [0.4, 0.5) is 5.82 Å². The zero-order valence-electron chi connectivity index (χ0n) is 32.2. The highest BCUT2D eigenvalue weighted by Gasteiger charge is 2.34. The molecule has 1 aliphatic rings. The lowest BCUT2D eigenvalue weighted by Gasteiger charge is -2.37. The van der Waals surface area contributed by atoms with Crippen LogP contribution in [-0.2, 0) is 76.3 Å². The molecule has 5 atom stereocenters. The van der Waals surface area contributed by atoms with Crippen LogP contribution in [0.5, 0.6) is 5.88 Å². The van der Waals surface area contributed by atoms with Gasteiger partial charge >= 0.3 is 41.8 Å². The number of aromatic nitrogens is 2. The minimum atomic E-state index is -1.53. The largest absolute Gasteiger partial charge is 0.470 e. The number of ether oxygens (including phenoxy) is 9. The van der Waals surface area contributed by atoms with Crippen LogP contribution in [0.3, 0.4) is 0 Å². The third-order valence-corrected chi connectivity index (χ3v) is 7.73. The lowest BCUT2D eigenvalue weighted by atomic mass is 10.1. The van der Waals surface area contributed by atoms with Gasteiger partial charge in [-0.1, -0.05) is 0 Å². The predicted octanol–water partition coefficient (Wildman–Crippen LogP) is 0.145. The fourth-order valence-electron chi connectivity index (χ4n) is 4.51. The molecule has 0 N–H and O–H groups in total. The average molecular weight is 805 g/mol. The first-order valence-electron chi connectivity index (χ1n) is 17.1. The molecule has 0 bridgehead atoms. The number of hydrogen-bond acceptors (Lipinski definition) is 21. The van der Waals surface area contributed by atoms with Crippen molar-refractivity contribution in [1.82, 2.24) is 13.6 Å². The lowest BCUT2D eigenvalue weighted by molar-refractivity contribution is -0.182. The van der Waals surface area contributed by atoms with Crippen molar-refractivity contribution in [2.24, 2.45) is 0 Å². The van der Waals surface area contributed by atoms with Crippen molar-refractivity contribution >= 4 is 65.2 Å². The maximum absolute atomic E-state index is 13.5. The van der Waals surface area contributed by atoms with Gasteiger partial charge in [0.15, 0.2) is 43.7 Å². The molecular formula is C33H48N4O17S. The first kappa shape index (κ1) is 46.0. The predicted molar refractivity (Wildman–Crippen MR) is 185 cm³/mol. The molecule has 1 amide bonds. The van der Waals surface area contributed by atoms with Crippen LogP contribution >= 0.6 is 11.7 Å². The molecule has 21 nitrogen and oxygen atoms in total. The Morgan fingerprint density at radius 3 is 1.75 bits per heavy atom. The quantitative estimate of drug-likeness (QED) is 0.133. The summed E-state index contributed by atoms with van der Waals surface area (Å²) in [5.74, 6) is -6.88. The lowest BCUT2D eigenvalue weighted by Crippen LogP contribution is -2.52. The number of amides is 1. The van der Waals surface area contributed by atoms with E-state index in [1.165, 1.54) is 32.6 Å². The normalized spacial score (nSPS) is 15.5. The van der Waals surface area contributed by atoms with Crippen LogP contribution in [-0.4, -0.2) is 150 Å². The van der Waals surface area contributed by atoms with Gasteiger partial charge in [-0.3, -0.25) is 14.4 Å². The number of carbonyl (C=O) groups is 8. The van der Waals surface area contributed by atoms with Gasteiger partial charge in [-0.2, -0.15) is 4.37 Å². The summed E-state index contributed by atoms with van der Waals surface area (Å²) in [5, 5.41) is 0. The minimum Gasteiger partial charge on any atom is -0.470 e. The van der Waals surface area contributed by atoms with E-state index in [0.717, 1.165) is 25.6 Å². The van der Waals surface area contributed by atoms with E-state index in [9.17, 15) is 38.4 Å². The second kappa shape index (κ2) is 21.7. The Labute approximate surface area is 321 Å². The van der Waals surface area contributed by atoms with Crippen LogP contribution < -0.4 is 9.64 Å². The van der Waals surface area contributed by atoms with Gasteiger partial charge in [0.05, 0.1) is 31.5 Å². The first-order valence-corrected chi connectivity index (χ1v) is 17.8. The van der Waals surface area contributed by atoms with E-state index < -0.39 is 97.0 Å². The summed E-state index contributed by atoms with van der Waals surface area (Å²) >= 11 is 0.897. The first-order chi connectivity index (χ1) is 25.7. The zero-order chi connectivity index (χ0) is 41.5. The molecule has 1 aromatic rings. The van der Waals surface area contributed by atoms with E-state index in [0.29, 0.717) is 32.1 Å². The molecule has 2 rings (SSSR count). The molecule has 1 saturated heterocycles. The number of carbonyl (C=O) groups excluding carboxylic acids is 8. The van der Waals surface area contributed by atoms with Crippen molar-refractivity contribution in [3.63, 3.8) is 0 Å². The Morgan fingerprint density at radius 1 is 0.727 bits per heavy atom.